The molecule has 3 atom stereocenters. The Morgan fingerprint density at radius 1 is 1.36 bits per heavy atom. The van der Waals surface area contributed by atoms with E-state index in [4.69, 9.17) is 10.5 Å². The molecule has 0 spiro atoms. The number of ether oxygens (including phenoxy) is 1. The monoisotopic (exact) mass is 328 g/mol. The minimum atomic E-state index is -0.371. The lowest BCUT2D eigenvalue weighted by Gasteiger charge is -2.27. The summed E-state index contributed by atoms with van der Waals surface area (Å²) in [6, 6.07) is 4.80. The van der Waals surface area contributed by atoms with Crippen molar-refractivity contribution in [2.75, 3.05) is 6.61 Å². The lowest BCUT2D eigenvalue weighted by molar-refractivity contribution is -0.123. The van der Waals surface area contributed by atoms with Gasteiger partial charge in [-0.2, -0.15) is 0 Å². The summed E-state index contributed by atoms with van der Waals surface area (Å²) < 4.78 is 19.1. The van der Waals surface area contributed by atoms with Crippen LogP contribution in [-0.2, 0) is 4.79 Å². The first-order chi connectivity index (χ1) is 10.1. The number of carbonyl (C=O) groups is 1. The van der Waals surface area contributed by atoms with Gasteiger partial charge in [0.05, 0.1) is 12.6 Å². The Kier molecular flexibility index (Phi) is 5.64. The molecular formula is C16H22ClFN2O2. The van der Waals surface area contributed by atoms with Crippen molar-refractivity contribution in [2.45, 2.75) is 44.2 Å². The Labute approximate surface area is 136 Å². The molecule has 22 heavy (non-hydrogen) atoms. The zero-order valence-electron chi connectivity index (χ0n) is 12.4. The van der Waals surface area contributed by atoms with Gasteiger partial charge in [-0.25, -0.2) is 4.39 Å². The Balaban J connectivity index is 0.00000176. The summed E-state index contributed by atoms with van der Waals surface area (Å²) in [5, 5.41) is 3.01. The molecule has 1 fully saturated rings. The molecule has 1 amide bonds. The molecule has 0 radical (unpaired) electrons. The number of para-hydroxylation sites is 1. The van der Waals surface area contributed by atoms with E-state index in [-0.39, 0.29) is 47.9 Å². The van der Waals surface area contributed by atoms with E-state index in [1.165, 1.54) is 6.07 Å². The highest BCUT2D eigenvalue weighted by Gasteiger charge is 2.29. The summed E-state index contributed by atoms with van der Waals surface area (Å²) >= 11 is 0. The van der Waals surface area contributed by atoms with Gasteiger partial charge in [0.15, 0.2) is 11.6 Å². The first kappa shape index (κ1) is 17.0. The maximum Gasteiger partial charge on any atom is 0.220 e. The van der Waals surface area contributed by atoms with Crippen molar-refractivity contribution in [3.63, 3.8) is 0 Å². The molecular weight excluding hydrogens is 307 g/mol. The van der Waals surface area contributed by atoms with E-state index in [9.17, 15) is 9.18 Å². The molecule has 4 nitrogen and oxygen atoms in total. The van der Waals surface area contributed by atoms with Crippen LogP contribution in [0.1, 0.15) is 43.7 Å². The summed E-state index contributed by atoms with van der Waals surface area (Å²) in [6.07, 6.45) is 4.25. The molecule has 1 heterocycles. The number of rotatable bonds is 3. The van der Waals surface area contributed by atoms with Crippen LogP contribution in [0.3, 0.4) is 0 Å². The molecule has 0 bridgehead atoms. The van der Waals surface area contributed by atoms with Crippen LogP contribution in [-0.4, -0.2) is 18.6 Å². The highest BCUT2D eigenvalue weighted by atomic mass is 35.5. The molecule has 1 aliphatic carbocycles. The third-order valence-electron chi connectivity index (χ3n) is 4.53. The van der Waals surface area contributed by atoms with Gasteiger partial charge in [0.25, 0.3) is 0 Å². The van der Waals surface area contributed by atoms with Gasteiger partial charge in [0.1, 0.15) is 0 Å². The van der Waals surface area contributed by atoms with Gasteiger partial charge < -0.3 is 15.8 Å². The molecule has 2 aliphatic rings. The maximum atomic E-state index is 13.7. The number of amides is 1. The standard InChI is InChI=1S/C16H21FN2O2.ClH/c17-12-5-2-4-11-14(7-8-21-16(11)12)19-15(20)9-10-3-1-6-13(10)18;/h2,4-5,10,13-14H,1,3,6-9,18H2,(H,19,20);1H/t10-,13+,14+;/m0./s1. The summed E-state index contributed by atoms with van der Waals surface area (Å²) in [6.45, 7) is 0.418. The molecule has 6 heteroatoms. The second kappa shape index (κ2) is 7.29. The molecule has 3 rings (SSSR count). The van der Waals surface area contributed by atoms with E-state index in [1.807, 2.05) is 6.07 Å². The third kappa shape index (κ3) is 3.52. The molecule has 122 valence electrons. The normalized spacial score (nSPS) is 26.5. The quantitative estimate of drug-likeness (QED) is 0.896. The van der Waals surface area contributed by atoms with Crippen LogP contribution in [0.25, 0.3) is 0 Å². The van der Waals surface area contributed by atoms with E-state index in [0.717, 1.165) is 24.8 Å². The van der Waals surface area contributed by atoms with Gasteiger partial charge in [-0.05, 0) is 24.8 Å². The lowest BCUT2D eigenvalue weighted by Crippen LogP contribution is -2.35. The van der Waals surface area contributed by atoms with Crippen molar-refractivity contribution in [1.29, 1.82) is 0 Å². The fraction of sp³-hybridized carbons (Fsp3) is 0.562. The Hall–Kier alpha value is -1.33. The topological polar surface area (TPSA) is 64.4 Å². The molecule has 1 aromatic rings. The van der Waals surface area contributed by atoms with E-state index >= 15 is 0 Å². The Bertz CT molecular complexity index is 541. The smallest absolute Gasteiger partial charge is 0.220 e. The zero-order chi connectivity index (χ0) is 14.8. The van der Waals surface area contributed by atoms with Gasteiger partial charge in [-0.15, -0.1) is 12.4 Å². The number of hydrogen-bond donors (Lipinski definition) is 2. The Morgan fingerprint density at radius 2 is 2.18 bits per heavy atom. The predicted octanol–water partition coefficient (Wildman–Crippen LogP) is 2.70. The SMILES string of the molecule is Cl.N[C@@H]1CCC[C@H]1CC(=O)N[C@@H]1CCOc2c(F)cccc21. The van der Waals surface area contributed by atoms with Crippen LogP contribution in [0.15, 0.2) is 18.2 Å². The van der Waals surface area contributed by atoms with Gasteiger partial charge in [0, 0.05) is 24.4 Å². The van der Waals surface area contributed by atoms with Crippen molar-refractivity contribution < 1.29 is 13.9 Å². The molecule has 1 aromatic carbocycles. The van der Waals surface area contributed by atoms with E-state index < -0.39 is 0 Å². The average Bonchev–Trinajstić information content (AvgIpc) is 2.85. The van der Waals surface area contributed by atoms with Crippen molar-refractivity contribution in [3.8, 4) is 5.75 Å². The number of nitrogens with two attached hydrogens (primary N) is 1. The first-order valence-electron chi connectivity index (χ1n) is 7.61. The largest absolute Gasteiger partial charge is 0.490 e. The van der Waals surface area contributed by atoms with Gasteiger partial charge in [0.2, 0.25) is 5.91 Å². The molecule has 3 N–H and O–H groups in total. The first-order valence-corrected chi connectivity index (χ1v) is 7.61. The van der Waals surface area contributed by atoms with Crippen molar-refractivity contribution in [1.82, 2.24) is 5.32 Å². The fourth-order valence-electron chi connectivity index (χ4n) is 3.35. The Morgan fingerprint density at radius 3 is 2.91 bits per heavy atom. The van der Waals surface area contributed by atoms with E-state index in [2.05, 4.69) is 5.32 Å². The highest BCUT2D eigenvalue weighted by Crippen LogP contribution is 2.34. The number of halogens is 2. The van der Waals surface area contributed by atoms with Gasteiger partial charge in [-0.1, -0.05) is 18.6 Å². The average molecular weight is 329 g/mol. The van der Waals surface area contributed by atoms with Gasteiger partial charge >= 0.3 is 0 Å². The van der Waals surface area contributed by atoms with Crippen molar-refractivity contribution >= 4 is 18.3 Å². The number of carbonyl (C=O) groups excluding carboxylic acids is 1. The predicted molar refractivity (Wildman–Crippen MR) is 84.6 cm³/mol. The summed E-state index contributed by atoms with van der Waals surface area (Å²) in [7, 11) is 0. The maximum absolute atomic E-state index is 13.7. The van der Waals surface area contributed by atoms with Crippen LogP contribution in [0.4, 0.5) is 4.39 Å². The van der Waals surface area contributed by atoms with Crippen LogP contribution in [0, 0.1) is 11.7 Å². The van der Waals surface area contributed by atoms with Gasteiger partial charge in [-0.3, -0.25) is 4.79 Å². The second-order valence-electron chi connectivity index (χ2n) is 5.97. The summed E-state index contributed by atoms with van der Waals surface area (Å²) in [5.41, 5.74) is 6.73. The number of hydrogen-bond acceptors (Lipinski definition) is 3. The van der Waals surface area contributed by atoms with Crippen LogP contribution in [0.5, 0.6) is 5.75 Å². The summed E-state index contributed by atoms with van der Waals surface area (Å²) in [5.74, 6) is 0.173. The van der Waals surface area contributed by atoms with Crippen LogP contribution < -0.4 is 15.8 Å². The molecule has 0 saturated heterocycles. The highest BCUT2D eigenvalue weighted by molar-refractivity contribution is 5.85. The van der Waals surface area contributed by atoms with Crippen LogP contribution >= 0.6 is 12.4 Å². The molecule has 1 saturated carbocycles. The number of fused-ring (bicyclic) bond motifs is 1. The molecule has 1 aliphatic heterocycles. The number of benzene rings is 1. The van der Waals surface area contributed by atoms with Crippen LogP contribution in [0.2, 0.25) is 0 Å². The lowest BCUT2D eigenvalue weighted by atomic mass is 9.97. The minimum Gasteiger partial charge on any atom is -0.490 e. The number of nitrogens with one attached hydrogen (secondary N) is 1. The zero-order valence-corrected chi connectivity index (χ0v) is 13.2. The fourth-order valence-corrected chi connectivity index (χ4v) is 3.35. The third-order valence-corrected chi connectivity index (χ3v) is 4.53. The molecule has 0 aromatic heterocycles. The molecule has 0 unspecified atom stereocenters. The summed E-state index contributed by atoms with van der Waals surface area (Å²) in [4.78, 5) is 12.2. The second-order valence-corrected chi connectivity index (χ2v) is 5.97. The van der Waals surface area contributed by atoms with E-state index in [0.29, 0.717) is 19.4 Å². The minimum absolute atomic E-state index is 0. The van der Waals surface area contributed by atoms with Crippen molar-refractivity contribution in [3.05, 3.63) is 29.6 Å². The van der Waals surface area contributed by atoms with E-state index in [1.54, 1.807) is 6.07 Å². The van der Waals surface area contributed by atoms with Crippen molar-refractivity contribution in [2.24, 2.45) is 11.7 Å².